The van der Waals surface area contributed by atoms with Gasteiger partial charge in [-0.1, -0.05) is 37.5 Å². The van der Waals surface area contributed by atoms with Gasteiger partial charge in [0.15, 0.2) is 0 Å². The van der Waals surface area contributed by atoms with E-state index in [-0.39, 0.29) is 5.91 Å². The number of benzene rings is 1. The van der Waals surface area contributed by atoms with Crippen molar-refractivity contribution in [1.82, 2.24) is 5.32 Å². The van der Waals surface area contributed by atoms with Gasteiger partial charge in [-0.15, -0.1) is 0 Å². The third-order valence-corrected chi connectivity index (χ3v) is 1.91. The van der Waals surface area contributed by atoms with Crippen molar-refractivity contribution in [3.8, 4) is 11.8 Å². The largest absolute Gasteiger partial charge is 0.345 e. The maximum atomic E-state index is 11.2. The first-order valence-electron chi connectivity index (χ1n) is 5.18. The molecule has 0 spiro atoms. The molecule has 0 unspecified atom stereocenters. The first-order valence-corrected chi connectivity index (χ1v) is 5.18. The minimum Gasteiger partial charge on any atom is -0.345 e. The molecule has 0 radical (unpaired) electrons. The molecule has 0 heterocycles. The van der Waals surface area contributed by atoms with Crippen molar-refractivity contribution in [1.29, 1.82) is 0 Å². The Bertz CT molecular complexity index is 359. The molecule has 0 atom stereocenters. The molecule has 0 bridgehead atoms. The van der Waals surface area contributed by atoms with Crippen LogP contribution in [0.15, 0.2) is 30.3 Å². The van der Waals surface area contributed by atoms with E-state index in [2.05, 4.69) is 24.1 Å². The summed E-state index contributed by atoms with van der Waals surface area (Å²) < 4.78 is 0. The summed E-state index contributed by atoms with van der Waals surface area (Å²) in [5.41, 5.74) is 0.864. The Kier molecular flexibility index (Phi) is 5.03. The van der Waals surface area contributed by atoms with E-state index in [0.29, 0.717) is 6.54 Å². The molecule has 1 amide bonds. The van der Waals surface area contributed by atoms with E-state index in [9.17, 15) is 4.79 Å². The maximum absolute atomic E-state index is 11.2. The van der Waals surface area contributed by atoms with Crippen LogP contribution in [0.3, 0.4) is 0 Å². The Labute approximate surface area is 90.7 Å². The zero-order valence-electron chi connectivity index (χ0n) is 8.92. The maximum Gasteiger partial charge on any atom is 0.296 e. The van der Waals surface area contributed by atoms with Gasteiger partial charge in [-0.05, 0) is 18.6 Å². The van der Waals surface area contributed by atoms with Crippen LogP contribution >= 0.6 is 0 Å². The summed E-state index contributed by atoms with van der Waals surface area (Å²) in [7, 11) is 0. The van der Waals surface area contributed by atoms with Gasteiger partial charge in [0.25, 0.3) is 5.91 Å². The molecular weight excluding hydrogens is 186 g/mol. The molecule has 0 aromatic heterocycles. The number of carbonyl (C=O) groups is 1. The molecular formula is C13H15NO. The van der Waals surface area contributed by atoms with Crippen LogP contribution in [0.25, 0.3) is 0 Å². The minimum absolute atomic E-state index is 0.202. The Morgan fingerprint density at radius 2 is 2.07 bits per heavy atom. The van der Waals surface area contributed by atoms with Crippen molar-refractivity contribution in [2.24, 2.45) is 0 Å². The summed E-state index contributed by atoms with van der Waals surface area (Å²) in [5.74, 6) is 5.17. The van der Waals surface area contributed by atoms with E-state index in [1.165, 1.54) is 0 Å². The first-order chi connectivity index (χ1) is 7.33. The number of hydrogen-bond donors (Lipinski definition) is 1. The fourth-order valence-corrected chi connectivity index (χ4v) is 1.07. The zero-order valence-corrected chi connectivity index (χ0v) is 8.92. The van der Waals surface area contributed by atoms with Gasteiger partial charge in [0.05, 0.1) is 0 Å². The van der Waals surface area contributed by atoms with Gasteiger partial charge in [-0.25, -0.2) is 0 Å². The highest BCUT2D eigenvalue weighted by Crippen LogP contribution is 1.94. The lowest BCUT2D eigenvalue weighted by molar-refractivity contribution is -0.115. The van der Waals surface area contributed by atoms with Crippen LogP contribution in [0.2, 0.25) is 0 Å². The lowest BCUT2D eigenvalue weighted by atomic mass is 10.2. The van der Waals surface area contributed by atoms with E-state index < -0.39 is 0 Å². The van der Waals surface area contributed by atoms with E-state index in [4.69, 9.17) is 0 Å². The van der Waals surface area contributed by atoms with Gasteiger partial charge >= 0.3 is 0 Å². The Morgan fingerprint density at radius 3 is 2.73 bits per heavy atom. The number of nitrogens with one attached hydrogen (secondary N) is 1. The quantitative estimate of drug-likeness (QED) is 0.588. The molecule has 2 heteroatoms. The molecule has 2 nitrogen and oxygen atoms in total. The predicted molar refractivity (Wildman–Crippen MR) is 61.2 cm³/mol. The zero-order chi connectivity index (χ0) is 10.9. The molecule has 0 saturated heterocycles. The molecule has 15 heavy (non-hydrogen) atoms. The molecule has 0 aliphatic heterocycles. The van der Waals surface area contributed by atoms with Gasteiger partial charge in [0.2, 0.25) is 0 Å². The Balaban J connectivity index is 2.41. The summed E-state index contributed by atoms with van der Waals surface area (Å²) in [6.07, 6.45) is 2.07. The molecule has 0 fully saturated rings. The highest BCUT2D eigenvalue weighted by atomic mass is 16.1. The highest BCUT2D eigenvalue weighted by Gasteiger charge is 1.92. The summed E-state index contributed by atoms with van der Waals surface area (Å²) in [6.45, 7) is 2.79. The topological polar surface area (TPSA) is 29.1 Å². The van der Waals surface area contributed by atoms with Gasteiger partial charge < -0.3 is 5.32 Å². The molecule has 78 valence electrons. The lowest BCUT2D eigenvalue weighted by Crippen LogP contribution is -2.22. The van der Waals surface area contributed by atoms with Crippen molar-refractivity contribution < 1.29 is 4.79 Å². The second-order valence-corrected chi connectivity index (χ2v) is 3.23. The summed E-state index contributed by atoms with van der Waals surface area (Å²) >= 11 is 0. The number of rotatable bonds is 3. The van der Waals surface area contributed by atoms with Crippen LogP contribution in [0.1, 0.15) is 25.3 Å². The first kappa shape index (κ1) is 11.3. The minimum atomic E-state index is -0.202. The summed E-state index contributed by atoms with van der Waals surface area (Å²) in [4.78, 5) is 11.2. The van der Waals surface area contributed by atoms with Crippen molar-refractivity contribution in [3.63, 3.8) is 0 Å². The summed E-state index contributed by atoms with van der Waals surface area (Å²) in [5, 5.41) is 2.74. The smallest absolute Gasteiger partial charge is 0.296 e. The average Bonchev–Trinajstić information content (AvgIpc) is 2.28. The van der Waals surface area contributed by atoms with E-state index in [1.807, 2.05) is 30.3 Å². The van der Waals surface area contributed by atoms with Crippen LogP contribution in [0.5, 0.6) is 0 Å². The van der Waals surface area contributed by atoms with Crippen molar-refractivity contribution in [2.75, 3.05) is 6.54 Å². The van der Waals surface area contributed by atoms with E-state index in [1.54, 1.807) is 0 Å². The van der Waals surface area contributed by atoms with E-state index in [0.717, 1.165) is 18.4 Å². The average molecular weight is 201 g/mol. The normalized spacial score (nSPS) is 8.87. The predicted octanol–water partition coefficient (Wildman–Crippen LogP) is 1.95. The van der Waals surface area contributed by atoms with Crippen molar-refractivity contribution in [3.05, 3.63) is 35.9 Å². The van der Waals surface area contributed by atoms with Gasteiger partial charge in [0, 0.05) is 18.0 Å². The SMILES string of the molecule is CCCCNC(=O)C#Cc1ccccc1. The molecule has 0 saturated carbocycles. The number of hydrogen-bond acceptors (Lipinski definition) is 1. The molecule has 1 rings (SSSR count). The molecule has 1 N–H and O–H groups in total. The second-order valence-electron chi connectivity index (χ2n) is 3.23. The van der Waals surface area contributed by atoms with Crippen LogP contribution in [0, 0.1) is 11.8 Å². The van der Waals surface area contributed by atoms with Gasteiger partial charge in [0.1, 0.15) is 0 Å². The lowest BCUT2D eigenvalue weighted by Gasteiger charge is -1.96. The fraction of sp³-hybridized carbons (Fsp3) is 0.308. The number of unbranched alkanes of at least 4 members (excludes halogenated alkanes) is 1. The monoisotopic (exact) mass is 201 g/mol. The van der Waals surface area contributed by atoms with E-state index >= 15 is 0 Å². The molecule has 1 aromatic carbocycles. The molecule has 0 aliphatic carbocycles. The van der Waals surface area contributed by atoms with Crippen molar-refractivity contribution >= 4 is 5.91 Å². The van der Waals surface area contributed by atoms with Crippen LogP contribution in [0.4, 0.5) is 0 Å². The Hall–Kier alpha value is -1.75. The third-order valence-electron chi connectivity index (χ3n) is 1.91. The number of amides is 1. The van der Waals surface area contributed by atoms with Gasteiger partial charge in [-0.3, -0.25) is 4.79 Å². The van der Waals surface area contributed by atoms with Gasteiger partial charge in [-0.2, -0.15) is 0 Å². The number of carbonyl (C=O) groups excluding carboxylic acids is 1. The molecule has 0 aliphatic rings. The summed E-state index contributed by atoms with van der Waals surface area (Å²) in [6, 6.07) is 9.49. The Morgan fingerprint density at radius 1 is 1.33 bits per heavy atom. The van der Waals surface area contributed by atoms with Crippen LogP contribution in [-0.4, -0.2) is 12.5 Å². The molecule has 1 aromatic rings. The third kappa shape index (κ3) is 4.87. The van der Waals surface area contributed by atoms with Crippen LogP contribution in [-0.2, 0) is 4.79 Å². The fourth-order valence-electron chi connectivity index (χ4n) is 1.07. The highest BCUT2D eigenvalue weighted by molar-refractivity contribution is 5.94. The van der Waals surface area contributed by atoms with Crippen molar-refractivity contribution in [2.45, 2.75) is 19.8 Å². The van der Waals surface area contributed by atoms with Crippen LogP contribution < -0.4 is 5.32 Å². The second kappa shape index (κ2) is 6.67. The standard InChI is InChI=1S/C13H15NO/c1-2-3-11-14-13(15)10-9-12-7-5-4-6-8-12/h4-8H,2-3,11H2,1H3,(H,14,15).